The molecule has 18 heavy (non-hydrogen) atoms. The van der Waals surface area contributed by atoms with Gasteiger partial charge in [0, 0.05) is 6.20 Å². The first-order valence-corrected chi connectivity index (χ1v) is 6.11. The molecule has 0 saturated carbocycles. The van der Waals surface area contributed by atoms with E-state index in [2.05, 4.69) is 30.3 Å². The van der Waals surface area contributed by atoms with E-state index in [-0.39, 0.29) is 23.0 Å². The molecule has 0 atom stereocenters. The quantitative estimate of drug-likeness (QED) is 0.527. The maximum Gasteiger partial charge on any atom is 0.352 e. The molecule has 10 nitrogen and oxygen atoms in total. The lowest BCUT2D eigenvalue weighted by Crippen LogP contribution is -2.23. The molecule has 0 unspecified atom stereocenters. The summed E-state index contributed by atoms with van der Waals surface area (Å²) in [5, 5.41) is 21.2. The zero-order valence-electron chi connectivity index (χ0n) is 8.78. The van der Waals surface area contributed by atoms with E-state index < -0.39 is 16.0 Å². The summed E-state index contributed by atoms with van der Waals surface area (Å²) < 4.78 is 25.7. The number of carbonyl (C=O) groups is 1. The molecule has 0 aliphatic heterocycles. The van der Waals surface area contributed by atoms with Crippen molar-refractivity contribution in [3.8, 4) is 0 Å². The number of hydrogen-bond acceptors (Lipinski definition) is 6. The van der Waals surface area contributed by atoms with Gasteiger partial charge in [-0.3, -0.25) is 0 Å². The first-order valence-electron chi connectivity index (χ1n) is 4.63. The summed E-state index contributed by atoms with van der Waals surface area (Å²) >= 11 is 0. The Kier molecular flexibility index (Phi) is 3.08. The number of carboxylic acid groups (broad SMARTS) is 1. The number of carboxylic acids is 1. The SMILES string of the molecule is O=C(O)c1cc(S(=O)(=O)NCc2nn[nH]n2)c[nH]1. The number of aromatic amines is 2. The van der Waals surface area contributed by atoms with Crippen LogP contribution in [0.5, 0.6) is 0 Å². The van der Waals surface area contributed by atoms with Crippen LogP contribution in [0.4, 0.5) is 0 Å². The minimum atomic E-state index is -3.82. The third-order valence-corrected chi connectivity index (χ3v) is 3.39. The number of H-pyrrole nitrogens is 2. The Morgan fingerprint density at radius 3 is 2.83 bits per heavy atom. The zero-order valence-corrected chi connectivity index (χ0v) is 9.60. The fourth-order valence-corrected chi connectivity index (χ4v) is 2.13. The minimum Gasteiger partial charge on any atom is -0.477 e. The molecule has 0 spiro atoms. The van der Waals surface area contributed by atoms with Gasteiger partial charge in [-0.25, -0.2) is 17.9 Å². The van der Waals surface area contributed by atoms with Gasteiger partial charge in [0.1, 0.15) is 10.6 Å². The second-order valence-electron chi connectivity index (χ2n) is 3.21. The van der Waals surface area contributed by atoms with Crippen LogP contribution in [0.2, 0.25) is 0 Å². The van der Waals surface area contributed by atoms with E-state index >= 15 is 0 Å². The van der Waals surface area contributed by atoms with Gasteiger partial charge in [-0.1, -0.05) is 5.21 Å². The van der Waals surface area contributed by atoms with Gasteiger partial charge in [0.05, 0.1) is 6.54 Å². The van der Waals surface area contributed by atoms with Crippen molar-refractivity contribution < 1.29 is 18.3 Å². The van der Waals surface area contributed by atoms with Crippen LogP contribution < -0.4 is 4.72 Å². The molecular weight excluding hydrogens is 264 g/mol. The highest BCUT2D eigenvalue weighted by Gasteiger charge is 2.18. The van der Waals surface area contributed by atoms with Crippen LogP contribution in [0.15, 0.2) is 17.2 Å². The predicted molar refractivity (Wildman–Crippen MR) is 56.0 cm³/mol. The molecule has 2 aromatic heterocycles. The van der Waals surface area contributed by atoms with E-state index in [9.17, 15) is 13.2 Å². The Bertz CT molecular complexity index is 645. The summed E-state index contributed by atoms with van der Waals surface area (Å²) in [5.74, 6) is -1.07. The molecule has 0 fully saturated rings. The molecule has 0 radical (unpaired) electrons. The van der Waals surface area contributed by atoms with Crippen LogP contribution in [0.25, 0.3) is 0 Å². The van der Waals surface area contributed by atoms with Gasteiger partial charge in [0.15, 0.2) is 5.82 Å². The molecule has 4 N–H and O–H groups in total. The van der Waals surface area contributed by atoms with Crippen LogP contribution in [-0.2, 0) is 16.6 Å². The van der Waals surface area contributed by atoms with Gasteiger partial charge in [0.25, 0.3) is 0 Å². The van der Waals surface area contributed by atoms with Crippen molar-refractivity contribution in [2.75, 3.05) is 0 Å². The number of nitrogens with one attached hydrogen (secondary N) is 3. The first kappa shape index (κ1) is 12.2. The van der Waals surface area contributed by atoms with Gasteiger partial charge in [0.2, 0.25) is 10.0 Å². The normalized spacial score (nSPS) is 11.6. The molecule has 2 rings (SSSR count). The first-order chi connectivity index (χ1) is 8.49. The predicted octanol–water partition coefficient (Wildman–Crippen LogP) is -1.30. The number of rotatable bonds is 5. The van der Waals surface area contributed by atoms with Crippen LogP contribution in [0, 0.1) is 0 Å². The van der Waals surface area contributed by atoms with Crippen molar-refractivity contribution in [2.24, 2.45) is 0 Å². The molecule has 2 heterocycles. The number of tetrazole rings is 1. The highest BCUT2D eigenvalue weighted by Crippen LogP contribution is 2.10. The lowest BCUT2D eigenvalue weighted by molar-refractivity contribution is 0.0691. The number of nitrogens with zero attached hydrogens (tertiary/aromatic N) is 3. The fourth-order valence-electron chi connectivity index (χ4n) is 1.15. The monoisotopic (exact) mass is 272 g/mol. The van der Waals surface area contributed by atoms with Gasteiger partial charge in [-0.05, 0) is 6.07 Å². The van der Waals surface area contributed by atoms with Crippen LogP contribution in [0.3, 0.4) is 0 Å². The van der Waals surface area contributed by atoms with Gasteiger partial charge >= 0.3 is 5.97 Å². The third-order valence-electron chi connectivity index (χ3n) is 2.01. The highest BCUT2D eigenvalue weighted by molar-refractivity contribution is 7.89. The maximum atomic E-state index is 11.8. The summed E-state index contributed by atoms with van der Waals surface area (Å²) in [6.45, 7) is -0.146. The van der Waals surface area contributed by atoms with E-state index in [0.29, 0.717) is 0 Å². The smallest absolute Gasteiger partial charge is 0.352 e. The number of aromatic nitrogens is 5. The van der Waals surface area contributed by atoms with E-state index in [1.165, 1.54) is 0 Å². The maximum absolute atomic E-state index is 11.8. The topological polar surface area (TPSA) is 154 Å². The molecule has 2 aromatic rings. The summed E-state index contributed by atoms with van der Waals surface area (Å²) in [6.07, 6.45) is 1.09. The van der Waals surface area contributed by atoms with Crippen LogP contribution in [-0.4, -0.2) is 45.1 Å². The Morgan fingerprint density at radius 1 is 1.50 bits per heavy atom. The van der Waals surface area contributed by atoms with Crippen molar-refractivity contribution in [3.63, 3.8) is 0 Å². The molecule has 0 aliphatic carbocycles. The summed E-state index contributed by atoms with van der Waals surface area (Å²) in [6, 6.07) is 1.01. The van der Waals surface area contributed by atoms with E-state index in [1.54, 1.807) is 0 Å². The second-order valence-corrected chi connectivity index (χ2v) is 4.97. The average molecular weight is 272 g/mol. The van der Waals surface area contributed by atoms with Crippen molar-refractivity contribution >= 4 is 16.0 Å². The van der Waals surface area contributed by atoms with Gasteiger partial charge < -0.3 is 10.1 Å². The lowest BCUT2D eigenvalue weighted by atomic mass is 10.4. The molecule has 0 aliphatic rings. The summed E-state index contributed by atoms with van der Waals surface area (Å²) in [4.78, 5) is 12.8. The Morgan fingerprint density at radius 2 is 2.28 bits per heavy atom. The Balaban J connectivity index is 2.12. The molecule has 11 heteroatoms. The number of sulfonamides is 1. The van der Waals surface area contributed by atoms with E-state index in [4.69, 9.17) is 5.11 Å². The van der Waals surface area contributed by atoms with Gasteiger partial charge in [-0.2, -0.15) is 5.21 Å². The minimum absolute atomic E-state index is 0.146. The van der Waals surface area contributed by atoms with E-state index in [0.717, 1.165) is 12.3 Å². The highest BCUT2D eigenvalue weighted by atomic mass is 32.2. The van der Waals surface area contributed by atoms with Gasteiger partial charge in [-0.15, -0.1) is 10.2 Å². The number of aromatic carboxylic acids is 1. The summed E-state index contributed by atoms with van der Waals surface area (Å²) in [5.41, 5.74) is -0.213. The molecule has 96 valence electrons. The molecule has 0 bridgehead atoms. The average Bonchev–Trinajstić information content (AvgIpc) is 2.98. The molecular formula is C7H8N6O4S. The third kappa shape index (κ3) is 2.52. The van der Waals surface area contributed by atoms with Crippen LogP contribution in [0.1, 0.15) is 16.3 Å². The second kappa shape index (κ2) is 4.54. The summed E-state index contributed by atoms with van der Waals surface area (Å²) in [7, 11) is -3.82. The lowest BCUT2D eigenvalue weighted by Gasteiger charge is -2.00. The fraction of sp³-hybridized carbons (Fsp3) is 0.143. The standard InChI is InChI=1S/C7H8N6O4S/c14-7(15)5-1-4(2-8-5)18(16,17)9-3-6-10-12-13-11-6/h1-2,8-9H,3H2,(H,14,15)(H,10,11,12,13). The van der Waals surface area contributed by atoms with Crippen molar-refractivity contribution in [1.82, 2.24) is 30.3 Å². The van der Waals surface area contributed by atoms with Crippen LogP contribution >= 0.6 is 0 Å². The zero-order chi connectivity index (χ0) is 13.2. The van der Waals surface area contributed by atoms with Crippen molar-refractivity contribution in [2.45, 2.75) is 11.4 Å². The molecule has 0 saturated heterocycles. The van der Waals surface area contributed by atoms with E-state index in [1.807, 2.05) is 0 Å². The Hall–Kier alpha value is -2.27. The Labute approximate surface area is 100 Å². The largest absolute Gasteiger partial charge is 0.477 e. The molecule has 0 amide bonds. The van der Waals surface area contributed by atoms with Crippen molar-refractivity contribution in [3.05, 3.63) is 23.8 Å². The molecule has 0 aromatic carbocycles. The van der Waals surface area contributed by atoms with Crippen molar-refractivity contribution in [1.29, 1.82) is 0 Å². The number of hydrogen-bond donors (Lipinski definition) is 4.